The van der Waals surface area contributed by atoms with Gasteiger partial charge in [-0.05, 0) is 6.42 Å². The van der Waals surface area contributed by atoms with Crippen LogP contribution in [0.1, 0.15) is 23.0 Å². The first kappa shape index (κ1) is 10.1. The molecule has 0 radical (unpaired) electrons. The molecule has 0 spiro atoms. The van der Waals surface area contributed by atoms with Crippen LogP contribution < -0.4 is 5.32 Å². The van der Waals surface area contributed by atoms with Gasteiger partial charge in [0.1, 0.15) is 4.88 Å². The van der Waals surface area contributed by atoms with Crippen molar-refractivity contribution in [3.8, 4) is 0 Å². The second-order valence-corrected chi connectivity index (χ2v) is 3.52. The number of carbonyl (C=O) groups excluding carboxylic acids is 1. The van der Waals surface area contributed by atoms with Crippen LogP contribution >= 0.6 is 11.3 Å². The van der Waals surface area contributed by atoms with E-state index in [0.29, 0.717) is 17.8 Å². The van der Waals surface area contributed by atoms with Crippen molar-refractivity contribution in [2.45, 2.75) is 19.4 Å². The molecule has 0 saturated heterocycles. The third-order valence-corrected chi connectivity index (χ3v) is 2.40. The highest BCUT2D eigenvalue weighted by Gasteiger charge is 2.08. The molecule has 1 aromatic heterocycles. The monoisotopic (exact) mass is 200 g/mol. The van der Waals surface area contributed by atoms with Crippen LogP contribution in [0, 0.1) is 0 Å². The minimum Gasteiger partial charge on any atom is -0.391 e. The van der Waals surface area contributed by atoms with Gasteiger partial charge in [0.05, 0.1) is 17.8 Å². The van der Waals surface area contributed by atoms with E-state index in [4.69, 9.17) is 0 Å². The first-order chi connectivity index (χ1) is 6.24. The standard InChI is InChI=1S/C8H12N2O2S/c1-2-6(11)3-10-8(12)7-4-9-5-13-7/h4-6,11H,2-3H2,1H3,(H,10,12). The second kappa shape index (κ2) is 4.94. The number of nitrogens with one attached hydrogen (secondary N) is 1. The second-order valence-electron chi connectivity index (χ2n) is 2.64. The first-order valence-electron chi connectivity index (χ1n) is 4.08. The van der Waals surface area contributed by atoms with E-state index in [1.54, 1.807) is 5.51 Å². The summed E-state index contributed by atoms with van der Waals surface area (Å²) >= 11 is 1.29. The van der Waals surface area contributed by atoms with Crippen molar-refractivity contribution in [2.24, 2.45) is 0 Å². The fraction of sp³-hybridized carbons (Fsp3) is 0.500. The van der Waals surface area contributed by atoms with Gasteiger partial charge in [-0.1, -0.05) is 6.92 Å². The maximum absolute atomic E-state index is 11.3. The van der Waals surface area contributed by atoms with Crippen molar-refractivity contribution in [1.29, 1.82) is 0 Å². The summed E-state index contributed by atoms with van der Waals surface area (Å²) in [7, 11) is 0. The van der Waals surface area contributed by atoms with Crippen molar-refractivity contribution in [1.82, 2.24) is 10.3 Å². The van der Waals surface area contributed by atoms with E-state index in [1.165, 1.54) is 17.5 Å². The molecule has 1 heterocycles. The molecule has 13 heavy (non-hydrogen) atoms. The van der Waals surface area contributed by atoms with Gasteiger partial charge < -0.3 is 10.4 Å². The Kier molecular flexibility index (Phi) is 3.85. The lowest BCUT2D eigenvalue weighted by Crippen LogP contribution is -2.31. The maximum atomic E-state index is 11.3. The Balaban J connectivity index is 2.35. The lowest BCUT2D eigenvalue weighted by molar-refractivity contribution is 0.0917. The number of aromatic nitrogens is 1. The molecule has 0 saturated carbocycles. The molecule has 2 N–H and O–H groups in total. The Hall–Kier alpha value is -0.940. The maximum Gasteiger partial charge on any atom is 0.263 e. The SMILES string of the molecule is CCC(O)CNC(=O)c1cncs1. The largest absolute Gasteiger partial charge is 0.391 e. The smallest absolute Gasteiger partial charge is 0.263 e. The van der Waals surface area contributed by atoms with Gasteiger partial charge in [0.25, 0.3) is 5.91 Å². The highest BCUT2D eigenvalue weighted by atomic mass is 32.1. The van der Waals surface area contributed by atoms with Crippen LogP contribution in [0.4, 0.5) is 0 Å². The molecule has 0 bridgehead atoms. The van der Waals surface area contributed by atoms with Gasteiger partial charge in [-0.2, -0.15) is 0 Å². The Morgan fingerprint density at radius 2 is 2.62 bits per heavy atom. The van der Waals surface area contributed by atoms with Gasteiger partial charge in [-0.3, -0.25) is 9.78 Å². The molecule has 72 valence electrons. The molecule has 1 atom stereocenters. The van der Waals surface area contributed by atoms with Gasteiger partial charge in [-0.15, -0.1) is 11.3 Å². The highest BCUT2D eigenvalue weighted by Crippen LogP contribution is 2.04. The lowest BCUT2D eigenvalue weighted by Gasteiger charge is -2.07. The summed E-state index contributed by atoms with van der Waals surface area (Å²) in [5, 5.41) is 11.8. The molecule has 5 heteroatoms. The number of aliphatic hydroxyl groups is 1. The number of carbonyl (C=O) groups is 1. The number of thiazole rings is 1. The fourth-order valence-corrected chi connectivity index (χ4v) is 1.31. The minimum atomic E-state index is -0.461. The van der Waals surface area contributed by atoms with Gasteiger partial charge in [0, 0.05) is 6.54 Å². The molecular weight excluding hydrogens is 188 g/mol. The van der Waals surface area contributed by atoms with Crippen molar-refractivity contribution in [3.05, 3.63) is 16.6 Å². The fourth-order valence-electron chi connectivity index (χ4n) is 0.770. The van der Waals surface area contributed by atoms with Crippen LogP contribution in [-0.4, -0.2) is 28.6 Å². The van der Waals surface area contributed by atoms with E-state index in [1.807, 2.05) is 6.92 Å². The van der Waals surface area contributed by atoms with Crippen LogP contribution in [0.2, 0.25) is 0 Å². The molecular formula is C8H12N2O2S. The van der Waals surface area contributed by atoms with Crippen molar-refractivity contribution in [2.75, 3.05) is 6.54 Å². The number of aliphatic hydroxyl groups excluding tert-OH is 1. The molecule has 1 unspecified atom stereocenters. The Bertz CT molecular complexity index is 261. The lowest BCUT2D eigenvalue weighted by atomic mass is 10.3. The minimum absolute atomic E-state index is 0.171. The van der Waals surface area contributed by atoms with Crippen LogP contribution in [0.25, 0.3) is 0 Å². The van der Waals surface area contributed by atoms with E-state index < -0.39 is 6.10 Å². The molecule has 0 aromatic carbocycles. The van der Waals surface area contributed by atoms with Crippen LogP contribution in [-0.2, 0) is 0 Å². The summed E-state index contributed by atoms with van der Waals surface area (Å²) in [5.41, 5.74) is 1.60. The molecule has 0 aliphatic carbocycles. The molecule has 0 aliphatic rings. The van der Waals surface area contributed by atoms with E-state index >= 15 is 0 Å². The molecule has 0 aliphatic heterocycles. The Morgan fingerprint density at radius 3 is 3.15 bits per heavy atom. The van der Waals surface area contributed by atoms with Gasteiger partial charge in [-0.25, -0.2) is 0 Å². The third-order valence-electron chi connectivity index (χ3n) is 1.63. The first-order valence-corrected chi connectivity index (χ1v) is 4.96. The zero-order chi connectivity index (χ0) is 9.68. The quantitative estimate of drug-likeness (QED) is 0.750. The van der Waals surface area contributed by atoms with Crippen molar-refractivity contribution in [3.63, 3.8) is 0 Å². The summed E-state index contributed by atoms with van der Waals surface area (Å²) in [5.74, 6) is -0.171. The van der Waals surface area contributed by atoms with Gasteiger partial charge in [0.15, 0.2) is 0 Å². The van der Waals surface area contributed by atoms with Crippen LogP contribution in [0.3, 0.4) is 0 Å². The zero-order valence-electron chi connectivity index (χ0n) is 7.36. The zero-order valence-corrected chi connectivity index (χ0v) is 8.17. The highest BCUT2D eigenvalue weighted by molar-refractivity contribution is 7.11. The Labute approximate surface area is 80.6 Å². The summed E-state index contributed by atoms with van der Waals surface area (Å²) in [6.07, 6.45) is 1.69. The topological polar surface area (TPSA) is 62.2 Å². The summed E-state index contributed by atoms with van der Waals surface area (Å²) in [4.78, 5) is 15.6. The number of rotatable bonds is 4. The molecule has 1 amide bonds. The van der Waals surface area contributed by atoms with E-state index in [2.05, 4.69) is 10.3 Å². The van der Waals surface area contributed by atoms with Crippen molar-refractivity contribution >= 4 is 17.2 Å². The summed E-state index contributed by atoms with van der Waals surface area (Å²) < 4.78 is 0. The van der Waals surface area contributed by atoms with E-state index in [9.17, 15) is 9.90 Å². The number of amides is 1. The Morgan fingerprint density at radius 1 is 1.85 bits per heavy atom. The van der Waals surface area contributed by atoms with Crippen molar-refractivity contribution < 1.29 is 9.90 Å². The molecule has 1 rings (SSSR count). The van der Waals surface area contributed by atoms with E-state index in [0.717, 1.165) is 0 Å². The van der Waals surface area contributed by atoms with Crippen LogP contribution in [0.15, 0.2) is 11.7 Å². The molecule has 4 nitrogen and oxygen atoms in total. The van der Waals surface area contributed by atoms with Gasteiger partial charge >= 0.3 is 0 Å². The number of nitrogens with zero attached hydrogens (tertiary/aromatic N) is 1. The summed E-state index contributed by atoms with van der Waals surface area (Å²) in [6, 6.07) is 0. The average molecular weight is 200 g/mol. The number of hydrogen-bond donors (Lipinski definition) is 2. The molecule has 0 fully saturated rings. The summed E-state index contributed by atoms with van der Waals surface area (Å²) in [6.45, 7) is 2.16. The van der Waals surface area contributed by atoms with Gasteiger partial charge in [0.2, 0.25) is 0 Å². The average Bonchev–Trinajstić information content (AvgIpc) is 2.66. The predicted molar refractivity (Wildman–Crippen MR) is 50.7 cm³/mol. The predicted octanol–water partition coefficient (Wildman–Crippen LogP) is 0.644. The van der Waals surface area contributed by atoms with Crippen LogP contribution in [0.5, 0.6) is 0 Å². The molecule has 1 aromatic rings. The number of hydrogen-bond acceptors (Lipinski definition) is 4. The van der Waals surface area contributed by atoms with E-state index in [-0.39, 0.29) is 5.91 Å². The normalized spacial score (nSPS) is 12.5. The third kappa shape index (κ3) is 3.12.